The Hall–Kier alpha value is -0.0800. The van der Waals surface area contributed by atoms with Crippen molar-refractivity contribution in [2.45, 2.75) is 297 Å². The second-order valence-electron chi connectivity index (χ2n) is 17.8. The fraction of sp³-hybridized carbons (Fsp3) is 1.00. The monoisotopic (exact) mass is 731 g/mol. The van der Waals surface area contributed by atoms with Crippen LogP contribution in [-0.2, 0) is 0 Å². The molecular formula is C50H102N2. The van der Waals surface area contributed by atoms with Gasteiger partial charge in [0, 0.05) is 12.1 Å². The quantitative estimate of drug-likeness (QED) is 0.0577. The molecule has 1 aliphatic rings. The highest BCUT2D eigenvalue weighted by molar-refractivity contribution is 4.84. The van der Waals surface area contributed by atoms with Crippen molar-refractivity contribution in [1.82, 2.24) is 9.80 Å². The standard InChI is InChI=1S/C50H102N2/c1-5-9-12-15-18-21-24-27-30-33-36-39-46-51(8-4)49-42-44-50(45-43-49)52(47-40-37-34-31-28-25-22-19-16-13-10-6-2)48-41-38-35-32-29-26-23-20-17-14-11-7-3/h49-50H,5-48H2,1-4H3. The molecule has 0 radical (unpaired) electrons. The number of unbranched alkanes of at least 4 members (excludes halogenated alkanes) is 33. The van der Waals surface area contributed by atoms with Crippen LogP contribution in [0.5, 0.6) is 0 Å². The second-order valence-corrected chi connectivity index (χ2v) is 17.8. The zero-order valence-electron chi connectivity index (χ0n) is 37.2. The first-order chi connectivity index (χ1) is 25.8. The maximum absolute atomic E-state index is 3.00. The Bertz CT molecular complexity index is 627. The average molecular weight is 731 g/mol. The van der Waals surface area contributed by atoms with Gasteiger partial charge in [0.2, 0.25) is 0 Å². The Labute approximate surface area is 331 Å². The molecular weight excluding hydrogens is 629 g/mol. The van der Waals surface area contributed by atoms with Crippen molar-refractivity contribution in [3.05, 3.63) is 0 Å². The molecule has 0 atom stereocenters. The van der Waals surface area contributed by atoms with E-state index in [0.29, 0.717) is 0 Å². The van der Waals surface area contributed by atoms with E-state index in [-0.39, 0.29) is 0 Å². The summed E-state index contributed by atoms with van der Waals surface area (Å²) in [6.45, 7) is 14.8. The summed E-state index contributed by atoms with van der Waals surface area (Å²) >= 11 is 0. The van der Waals surface area contributed by atoms with E-state index in [1.54, 1.807) is 0 Å². The number of rotatable bonds is 42. The molecule has 2 nitrogen and oxygen atoms in total. The topological polar surface area (TPSA) is 6.48 Å². The predicted octanol–water partition coefficient (Wildman–Crippen LogP) is 17.0. The molecule has 0 saturated heterocycles. The van der Waals surface area contributed by atoms with Crippen molar-refractivity contribution < 1.29 is 0 Å². The number of hydrogen-bond donors (Lipinski definition) is 0. The molecule has 0 aromatic heterocycles. The largest absolute Gasteiger partial charge is 0.301 e. The maximum Gasteiger partial charge on any atom is 0.00964 e. The second kappa shape index (κ2) is 40.6. The minimum absolute atomic E-state index is 0.856. The van der Waals surface area contributed by atoms with Crippen LogP contribution in [0, 0.1) is 0 Å². The van der Waals surface area contributed by atoms with Gasteiger partial charge in [0.15, 0.2) is 0 Å². The first kappa shape index (κ1) is 49.9. The Morgan fingerprint density at radius 3 is 0.673 bits per heavy atom. The van der Waals surface area contributed by atoms with Crippen molar-refractivity contribution in [3.8, 4) is 0 Å². The third kappa shape index (κ3) is 31.2. The van der Waals surface area contributed by atoms with E-state index >= 15 is 0 Å². The fourth-order valence-electron chi connectivity index (χ4n) is 9.33. The normalized spacial score (nSPS) is 16.5. The van der Waals surface area contributed by atoms with Gasteiger partial charge in [-0.1, -0.05) is 240 Å². The minimum Gasteiger partial charge on any atom is -0.301 e. The van der Waals surface area contributed by atoms with Gasteiger partial charge in [-0.3, -0.25) is 0 Å². The summed E-state index contributed by atoms with van der Waals surface area (Å²) in [5, 5.41) is 0. The molecule has 0 heterocycles. The molecule has 312 valence electrons. The molecule has 1 rings (SSSR count). The summed E-state index contributed by atoms with van der Waals surface area (Å²) in [4.78, 5) is 5.89. The Kier molecular flexibility index (Phi) is 39.0. The molecule has 1 aliphatic carbocycles. The number of nitrogens with zero attached hydrogens (tertiary/aromatic N) is 2. The lowest BCUT2D eigenvalue weighted by Gasteiger charge is -2.41. The predicted molar refractivity (Wildman–Crippen MR) is 238 cm³/mol. The Morgan fingerprint density at radius 1 is 0.250 bits per heavy atom. The molecule has 0 bridgehead atoms. The summed E-state index contributed by atoms with van der Waals surface area (Å²) in [6.07, 6.45) is 58.3. The highest BCUT2D eigenvalue weighted by atomic mass is 15.2. The molecule has 0 amide bonds. The lowest BCUT2D eigenvalue weighted by atomic mass is 9.88. The van der Waals surface area contributed by atoms with Gasteiger partial charge in [-0.2, -0.15) is 0 Å². The van der Waals surface area contributed by atoms with E-state index in [2.05, 4.69) is 37.5 Å². The zero-order valence-corrected chi connectivity index (χ0v) is 37.2. The first-order valence-corrected chi connectivity index (χ1v) is 25.2. The molecule has 0 spiro atoms. The summed E-state index contributed by atoms with van der Waals surface area (Å²) in [6, 6.07) is 1.72. The molecule has 1 saturated carbocycles. The lowest BCUT2D eigenvalue weighted by molar-refractivity contribution is 0.0935. The highest BCUT2D eigenvalue weighted by Gasteiger charge is 2.28. The van der Waals surface area contributed by atoms with Crippen LogP contribution in [0.1, 0.15) is 285 Å². The zero-order chi connectivity index (χ0) is 37.4. The average Bonchev–Trinajstić information content (AvgIpc) is 3.17. The van der Waals surface area contributed by atoms with Gasteiger partial charge in [0.1, 0.15) is 0 Å². The third-order valence-corrected chi connectivity index (χ3v) is 13.0. The van der Waals surface area contributed by atoms with E-state index < -0.39 is 0 Å². The van der Waals surface area contributed by atoms with Gasteiger partial charge >= 0.3 is 0 Å². The van der Waals surface area contributed by atoms with Crippen LogP contribution in [0.2, 0.25) is 0 Å². The Morgan fingerprint density at radius 2 is 0.442 bits per heavy atom. The van der Waals surface area contributed by atoms with Gasteiger partial charge in [0.05, 0.1) is 0 Å². The summed E-state index contributed by atoms with van der Waals surface area (Å²) in [5.41, 5.74) is 0. The van der Waals surface area contributed by atoms with Crippen LogP contribution in [0.25, 0.3) is 0 Å². The van der Waals surface area contributed by atoms with E-state index in [4.69, 9.17) is 0 Å². The maximum atomic E-state index is 3.00. The van der Waals surface area contributed by atoms with Crippen LogP contribution in [-0.4, -0.2) is 48.1 Å². The molecule has 0 aliphatic heterocycles. The van der Waals surface area contributed by atoms with Crippen molar-refractivity contribution in [2.75, 3.05) is 26.2 Å². The van der Waals surface area contributed by atoms with Crippen molar-refractivity contribution >= 4 is 0 Å². The molecule has 0 aromatic rings. The van der Waals surface area contributed by atoms with Crippen molar-refractivity contribution in [3.63, 3.8) is 0 Å². The van der Waals surface area contributed by atoms with E-state index in [1.807, 2.05) is 0 Å². The summed E-state index contributed by atoms with van der Waals surface area (Å²) in [7, 11) is 0. The molecule has 0 unspecified atom stereocenters. The molecule has 0 aromatic carbocycles. The van der Waals surface area contributed by atoms with Gasteiger partial charge < -0.3 is 9.80 Å². The SMILES string of the molecule is CCCCCCCCCCCCCCN(CC)C1CCC(N(CCCCCCCCCCCCCC)CCCCCCCCCCCCCC)CC1. The van der Waals surface area contributed by atoms with Crippen LogP contribution in [0.4, 0.5) is 0 Å². The number of hydrogen-bond acceptors (Lipinski definition) is 2. The van der Waals surface area contributed by atoms with Crippen LogP contribution in [0.3, 0.4) is 0 Å². The first-order valence-electron chi connectivity index (χ1n) is 25.2. The summed E-state index contributed by atoms with van der Waals surface area (Å²) in [5.74, 6) is 0. The van der Waals surface area contributed by atoms with E-state index in [9.17, 15) is 0 Å². The third-order valence-electron chi connectivity index (χ3n) is 13.0. The van der Waals surface area contributed by atoms with Gasteiger partial charge in [-0.25, -0.2) is 0 Å². The van der Waals surface area contributed by atoms with E-state index in [1.165, 1.54) is 283 Å². The summed E-state index contributed by atoms with van der Waals surface area (Å²) < 4.78 is 0. The smallest absolute Gasteiger partial charge is 0.00964 e. The van der Waals surface area contributed by atoms with Gasteiger partial charge in [-0.15, -0.1) is 0 Å². The van der Waals surface area contributed by atoms with Crippen LogP contribution < -0.4 is 0 Å². The van der Waals surface area contributed by atoms with Gasteiger partial charge in [-0.05, 0) is 71.1 Å². The fourth-order valence-corrected chi connectivity index (χ4v) is 9.33. The minimum atomic E-state index is 0.856. The van der Waals surface area contributed by atoms with Gasteiger partial charge in [0.25, 0.3) is 0 Å². The van der Waals surface area contributed by atoms with Crippen LogP contribution >= 0.6 is 0 Å². The Balaban J connectivity index is 2.30. The highest BCUT2D eigenvalue weighted by Crippen LogP contribution is 2.28. The lowest BCUT2D eigenvalue weighted by Crippen LogP contribution is -2.45. The molecule has 1 fully saturated rings. The molecule has 0 N–H and O–H groups in total. The van der Waals surface area contributed by atoms with Crippen molar-refractivity contribution in [1.29, 1.82) is 0 Å². The van der Waals surface area contributed by atoms with Crippen LogP contribution in [0.15, 0.2) is 0 Å². The van der Waals surface area contributed by atoms with E-state index in [0.717, 1.165) is 12.1 Å². The molecule has 2 heteroatoms. The van der Waals surface area contributed by atoms with Crippen molar-refractivity contribution in [2.24, 2.45) is 0 Å². The molecule has 52 heavy (non-hydrogen) atoms.